The number of nitrogens with zero attached hydrogens (tertiary/aromatic N) is 4. The Morgan fingerprint density at radius 2 is 1.74 bits per heavy atom. The van der Waals surface area contributed by atoms with E-state index in [-0.39, 0.29) is 5.56 Å². The quantitative estimate of drug-likeness (QED) is 0.709. The second-order valence-corrected chi connectivity index (χ2v) is 7.64. The lowest BCUT2D eigenvalue weighted by Crippen LogP contribution is -2.46. The maximum atomic E-state index is 13.8. The van der Waals surface area contributed by atoms with Crippen molar-refractivity contribution in [1.82, 2.24) is 4.90 Å². The molecule has 2 heterocycles. The minimum Gasteiger partial charge on any atom is -0.369 e. The van der Waals surface area contributed by atoms with Crippen LogP contribution < -0.4 is 5.73 Å². The first-order valence-electron chi connectivity index (χ1n) is 10.2. The second kappa shape index (κ2) is 7.37. The molecule has 0 saturated carbocycles. The summed E-state index contributed by atoms with van der Waals surface area (Å²) < 4.78 is 13.8. The van der Waals surface area contributed by atoms with Gasteiger partial charge < -0.3 is 5.73 Å². The van der Waals surface area contributed by atoms with Crippen LogP contribution >= 0.6 is 0 Å². The third kappa shape index (κ3) is 2.98. The van der Waals surface area contributed by atoms with Crippen molar-refractivity contribution in [3.05, 3.63) is 95.3 Å². The van der Waals surface area contributed by atoms with E-state index in [2.05, 4.69) is 0 Å². The van der Waals surface area contributed by atoms with E-state index < -0.39 is 11.4 Å². The Morgan fingerprint density at radius 3 is 2.55 bits per heavy atom. The molecule has 152 valence electrons. The first kappa shape index (κ1) is 19.0. The number of nitrogens with two attached hydrogens (primary N) is 1. The summed E-state index contributed by atoms with van der Waals surface area (Å²) >= 11 is 0. The van der Waals surface area contributed by atoms with E-state index in [9.17, 15) is 9.65 Å². The van der Waals surface area contributed by atoms with E-state index in [4.69, 9.17) is 15.7 Å². The molecule has 5 nitrogen and oxygen atoms in total. The van der Waals surface area contributed by atoms with Crippen molar-refractivity contribution in [2.24, 2.45) is 15.7 Å². The van der Waals surface area contributed by atoms with Crippen LogP contribution in [0.15, 0.2) is 82.8 Å². The summed E-state index contributed by atoms with van der Waals surface area (Å²) in [5.41, 5.74) is 9.07. The van der Waals surface area contributed by atoms with Crippen molar-refractivity contribution >= 4 is 11.8 Å². The molecule has 31 heavy (non-hydrogen) atoms. The number of rotatable bonds is 3. The number of hydrogen-bond acceptors (Lipinski definition) is 5. The van der Waals surface area contributed by atoms with Gasteiger partial charge in [0.05, 0.1) is 5.56 Å². The molecule has 0 bridgehead atoms. The lowest BCUT2D eigenvalue weighted by molar-refractivity contribution is 0.531. The highest BCUT2D eigenvalue weighted by Crippen LogP contribution is 2.42. The molecule has 0 fully saturated rings. The van der Waals surface area contributed by atoms with Crippen LogP contribution in [0.5, 0.6) is 0 Å². The van der Waals surface area contributed by atoms with Crippen LogP contribution in [-0.4, -0.2) is 29.8 Å². The molecule has 2 aliphatic rings. The Labute approximate surface area is 180 Å². The smallest absolute Gasteiger partial charge is 0.198 e. The predicted molar refractivity (Wildman–Crippen MR) is 119 cm³/mol. The molecule has 0 radical (unpaired) electrons. The van der Waals surface area contributed by atoms with E-state index in [1.165, 1.54) is 6.07 Å². The zero-order valence-electron chi connectivity index (χ0n) is 16.8. The fourth-order valence-electron chi connectivity index (χ4n) is 4.37. The molecule has 0 saturated heterocycles. The number of halogens is 1. The zero-order chi connectivity index (χ0) is 21.4. The Hall–Kier alpha value is -3.98. The molecule has 2 N–H and O–H groups in total. The molecule has 0 spiro atoms. The SMILES string of the molecule is N#Cc1cc(-c2cccc(C3(c4ccccc4)N=C(N)N4CCCN=C43)c2)ccc1F. The van der Waals surface area contributed by atoms with Gasteiger partial charge >= 0.3 is 0 Å². The topological polar surface area (TPSA) is 77.8 Å². The number of benzene rings is 3. The van der Waals surface area contributed by atoms with Crippen molar-refractivity contribution in [3.63, 3.8) is 0 Å². The number of amidine groups is 1. The van der Waals surface area contributed by atoms with Crippen LogP contribution in [0.1, 0.15) is 23.1 Å². The molecule has 0 aromatic heterocycles. The lowest BCUT2D eigenvalue weighted by atomic mass is 9.81. The van der Waals surface area contributed by atoms with Gasteiger partial charge in [0.1, 0.15) is 17.7 Å². The van der Waals surface area contributed by atoms with Crippen LogP contribution in [0.3, 0.4) is 0 Å². The van der Waals surface area contributed by atoms with E-state index in [0.717, 1.165) is 47.6 Å². The van der Waals surface area contributed by atoms with Crippen LogP contribution in [0.25, 0.3) is 11.1 Å². The summed E-state index contributed by atoms with van der Waals surface area (Å²) in [5.74, 6) is 0.765. The molecule has 1 atom stereocenters. The largest absolute Gasteiger partial charge is 0.369 e. The molecular formula is C25H20FN5. The van der Waals surface area contributed by atoms with Gasteiger partial charge in [0.2, 0.25) is 0 Å². The second-order valence-electron chi connectivity index (χ2n) is 7.64. The summed E-state index contributed by atoms with van der Waals surface area (Å²) in [6.45, 7) is 1.51. The monoisotopic (exact) mass is 409 g/mol. The molecule has 2 aliphatic heterocycles. The highest BCUT2D eigenvalue weighted by Gasteiger charge is 2.49. The number of nitriles is 1. The number of fused-ring (bicyclic) bond motifs is 1. The Morgan fingerprint density at radius 1 is 0.968 bits per heavy atom. The molecule has 0 amide bonds. The normalized spacial score (nSPS) is 19.9. The molecular weight excluding hydrogens is 389 g/mol. The molecule has 3 aromatic rings. The average Bonchev–Trinajstić information content (AvgIpc) is 3.14. The average molecular weight is 409 g/mol. The van der Waals surface area contributed by atoms with Gasteiger partial charge in [-0.15, -0.1) is 0 Å². The first-order valence-corrected chi connectivity index (χ1v) is 10.2. The maximum Gasteiger partial charge on any atom is 0.198 e. The fraction of sp³-hybridized carbons (Fsp3) is 0.160. The van der Waals surface area contributed by atoms with Crippen LogP contribution in [-0.2, 0) is 5.54 Å². The summed E-state index contributed by atoms with van der Waals surface area (Å²) in [5, 5.41) is 9.22. The van der Waals surface area contributed by atoms with Crippen molar-refractivity contribution in [2.45, 2.75) is 12.0 Å². The standard InChI is InChI=1S/C25H20FN5/c26-22-11-10-18(14-19(22)16-27)17-6-4-9-21(15-17)25(20-7-2-1-3-8-20)23-29-12-5-13-31(23)24(28)30-25/h1-4,6-11,14-15H,5,12-13H2,(H2,28,30). The minimum absolute atomic E-state index is 0.0200. The van der Waals surface area contributed by atoms with Crippen molar-refractivity contribution in [3.8, 4) is 17.2 Å². The molecule has 5 rings (SSSR count). The molecule has 0 aliphatic carbocycles. The van der Waals surface area contributed by atoms with Crippen molar-refractivity contribution in [1.29, 1.82) is 5.26 Å². The molecule has 6 heteroatoms. The summed E-state index contributed by atoms with van der Waals surface area (Å²) in [7, 11) is 0. The van der Waals surface area contributed by atoms with Gasteiger partial charge in [-0.1, -0.05) is 54.6 Å². The summed E-state index contributed by atoms with van der Waals surface area (Å²) in [6, 6.07) is 24.4. The summed E-state index contributed by atoms with van der Waals surface area (Å²) in [6.07, 6.45) is 0.928. The predicted octanol–water partition coefficient (Wildman–Crippen LogP) is 4.04. The van der Waals surface area contributed by atoms with Gasteiger partial charge in [-0.3, -0.25) is 9.89 Å². The van der Waals surface area contributed by atoms with Crippen molar-refractivity contribution in [2.75, 3.05) is 13.1 Å². The third-order valence-corrected chi connectivity index (χ3v) is 5.83. The maximum absolute atomic E-state index is 13.8. The van der Waals surface area contributed by atoms with E-state index in [1.54, 1.807) is 12.1 Å². The third-order valence-electron chi connectivity index (χ3n) is 5.83. The van der Waals surface area contributed by atoms with E-state index >= 15 is 0 Å². The van der Waals surface area contributed by atoms with Crippen LogP contribution in [0.4, 0.5) is 4.39 Å². The van der Waals surface area contributed by atoms with Gasteiger partial charge in [0.15, 0.2) is 11.5 Å². The Balaban J connectivity index is 1.72. The van der Waals surface area contributed by atoms with Gasteiger partial charge in [0, 0.05) is 13.1 Å². The van der Waals surface area contributed by atoms with Gasteiger partial charge in [-0.05, 0) is 46.9 Å². The summed E-state index contributed by atoms with van der Waals surface area (Å²) in [4.78, 5) is 11.8. The van der Waals surface area contributed by atoms with Gasteiger partial charge in [0.25, 0.3) is 0 Å². The molecule has 3 aromatic carbocycles. The number of guanidine groups is 1. The highest BCUT2D eigenvalue weighted by molar-refractivity contribution is 6.12. The van der Waals surface area contributed by atoms with Gasteiger partial charge in [-0.2, -0.15) is 5.26 Å². The van der Waals surface area contributed by atoms with Crippen molar-refractivity contribution < 1.29 is 4.39 Å². The lowest BCUT2D eigenvalue weighted by Gasteiger charge is -2.33. The van der Waals surface area contributed by atoms with Crippen LogP contribution in [0, 0.1) is 17.1 Å². The van der Waals surface area contributed by atoms with E-state index in [0.29, 0.717) is 5.96 Å². The Kier molecular flexibility index (Phi) is 4.52. The highest BCUT2D eigenvalue weighted by atomic mass is 19.1. The number of aliphatic imine (C=N–C) groups is 2. The number of hydrogen-bond donors (Lipinski definition) is 1. The Bertz CT molecular complexity index is 1260. The zero-order valence-corrected chi connectivity index (χ0v) is 16.8. The first-order chi connectivity index (χ1) is 15.1. The fourth-order valence-corrected chi connectivity index (χ4v) is 4.37. The van der Waals surface area contributed by atoms with Crippen LogP contribution in [0.2, 0.25) is 0 Å². The molecule has 1 unspecified atom stereocenters. The van der Waals surface area contributed by atoms with Gasteiger partial charge in [-0.25, -0.2) is 9.38 Å². The minimum atomic E-state index is -0.847. The van der Waals surface area contributed by atoms with E-state index in [1.807, 2.05) is 65.6 Å².